The molecule has 2 aliphatic rings. The van der Waals surface area contributed by atoms with Gasteiger partial charge in [-0.25, -0.2) is 4.79 Å². The van der Waals surface area contributed by atoms with Gasteiger partial charge in [-0.3, -0.25) is 4.98 Å². The van der Waals surface area contributed by atoms with Gasteiger partial charge in [0.1, 0.15) is 12.7 Å². The van der Waals surface area contributed by atoms with Crippen molar-refractivity contribution in [1.29, 1.82) is 5.26 Å². The number of likely N-dealkylation sites (tertiary alicyclic amines) is 1. The van der Waals surface area contributed by atoms with Crippen molar-refractivity contribution < 1.29 is 9.53 Å². The minimum Gasteiger partial charge on any atom is -0.445 e. The summed E-state index contributed by atoms with van der Waals surface area (Å²) >= 11 is 0. The molecule has 0 aliphatic carbocycles. The van der Waals surface area contributed by atoms with Crippen LogP contribution in [0.2, 0.25) is 0 Å². The van der Waals surface area contributed by atoms with Gasteiger partial charge in [0.2, 0.25) is 0 Å². The van der Waals surface area contributed by atoms with E-state index in [4.69, 9.17) is 4.74 Å². The van der Waals surface area contributed by atoms with E-state index in [-0.39, 0.29) is 12.1 Å². The number of amides is 1. The zero-order valence-electron chi connectivity index (χ0n) is 14.6. The first-order valence-corrected chi connectivity index (χ1v) is 8.74. The number of ether oxygens (including phenoxy) is 1. The van der Waals surface area contributed by atoms with Gasteiger partial charge in [0, 0.05) is 25.6 Å². The summed E-state index contributed by atoms with van der Waals surface area (Å²) in [6.07, 6.45) is 1.55. The molecule has 0 spiro atoms. The first-order valence-electron chi connectivity index (χ1n) is 8.74. The Labute approximate surface area is 152 Å². The molecule has 1 aromatic heterocycles. The van der Waals surface area contributed by atoms with E-state index in [1.165, 1.54) is 0 Å². The average molecular weight is 348 g/mol. The molecule has 2 saturated heterocycles. The van der Waals surface area contributed by atoms with Crippen molar-refractivity contribution in [2.24, 2.45) is 5.92 Å². The molecule has 0 N–H and O–H groups in total. The minimum absolute atomic E-state index is 0.261. The van der Waals surface area contributed by atoms with E-state index in [0.717, 1.165) is 30.0 Å². The number of aryl methyl sites for hydroxylation is 1. The van der Waals surface area contributed by atoms with E-state index in [1.807, 2.05) is 49.5 Å². The van der Waals surface area contributed by atoms with E-state index in [0.29, 0.717) is 24.6 Å². The van der Waals surface area contributed by atoms with Crippen LogP contribution in [0.25, 0.3) is 0 Å². The zero-order valence-corrected chi connectivity index (χ0v) is 14.6. The molecular weight excluding hydrogens is 328 g/mol. The van der Waals surface area contributed by atoms with Gasteiger partial charge < -0.3 is 14.5 Å². The third-order valence-corrected chi connectivity index (χ3v) is 5.23. The minimum atomic E-state index is -0.261. The van der Waals surface area contributed by atoms with E-state index in [2.05, 4.69) is 16.0 Å². The number of benzene rings is 1. The summed E-state index contributed by atoms with van der Waals surface area (Å²) in [6, 6.07) is 14.0. The normalized spacial score (nSPS) is 20.9. The largest absolute Gasteiger partial charge is 0.445 e. The van der Waals surface area contributed by atoms with Crippen molar-refractivity contribution >= 4 is 11.8 Å². The fraction of sp³-hybridized carbons (Fsp3) is 0.350. The van der Waals surface area contributed by atoms with Crippen molar-refractivity contribution in [2.75, 3.05) is 24.5 Å². The Kier molecular flexibility index (Phi) is 4.21. The molecule has 1 amide bonds. The van der Waals surface area contributed by atoms with Gasteiger partial charge >= 0.3 is 6.09 Å². The van der Waals surface area contributed by atoms with Gasteiger partial charge in [0.05, 0.1) is 29.2 Å². The van der Waals surface area contributed by atoms with Crippen LogP contribution in [0.5, 0.6) is 0 Å². The number of hydrogen-bond acceptors (Lipinski definition) is 5. The third kappa shape index (κ3) is 2.97. The molecule has 132 valence electrons. The van der Waals surface area contributed by atoms with E-state index < -0.39 is 0 Å². The molecule has 0 radical (unpaired) electrons. The zero-order chi connectivity index (χ0) is 18.1. The number of anilines is 1. The standard InChI is InChI=1S/C20H20N4O2/c1-14-16(8-21)7-18(9-22-14)24-11-17-10-23(12-19(17)24)20(25)26-13-15-5-3-2-4-6-15/h2-7,9,17,19H,10-13H2,1H3/t17-,19-/m1/s1. The van der Waals surface area contributed by atoms with E-state index in [1.54, 1.807) is 4.90 Å². The van der Waals surface area contributed by atoms with Crippen LogP contribution in [0.15, 0.2) is 42.6 Å². The summed E-state index contributed by atoms with van der Waals surface area (Å²) in [5.74, 6) is 0.450. The molecule has 4 rings (SSSR count). The lowest BCUT2D eigenvalue weighted by molar-refractivity contribution is 0.103. The third-order valence-electron chi connectivity index (χ3n) is 5.23. The highest BCUT2D eigenvalue weighted by Gasteiger charge is 2.47. The molecule has 3 heterocycles. The number of nitriles is 1. The molecule has 2 aromatic rings. The SMILES string of the molecule is Cc1ncc(N2C[C@H]3CN(C(=O)OCc4ccccc4)C[C@H]32)cc1C#N. The summed E-state index contributed by atoms with van der Waals surface area (Å²) in [5.41, 5.74) is 3.28. The molecule has 6 heteroatoms. The second kappa shape index (κ2) is 6.68. The molecule has 2 fully saturated rings. The second-order valence-corrected chi connectivity index (χ2v) is 6.86. The molecule has 0 unspecified atom stereocenters. The Bertz CT molecular complexity index is 862. The fourth-order valence-corrected chi connectivity index (χ4v) is 3.69. The van der Waals surface area contributed by atoms with Gasteiger partial charge in [0.15, 0.2) is 0 Å². The first kappa shape index (κ1) is 16.4. The maximum atomic E-state index is 12.4. The van der Waals surface area contributed by atoms with Crippen LogP contribution in [0, 0.1) is 24.2 Å². The first-order chi connectivity index (χ1) is 12.7. The molecule has 2 aliphatic heterocycles. The molecule has 2 atom stereocenters. The summed E-state index contributed by atoms with van der Waals surface area (Å²) < 4.78 is 5.44. The lowest BCUT2D eigenvalue weighted by Crippen LogP contribution is -2.55. The topological polar surface area (TPSA) is 69.5 Å². The second-order valence-electron chi connectivity index (χ2n) is 6.86. The Morgan fingerprint density at radius 1 is 1.31 bits per heavy atom. The van der Waals surface area contributed by atoms with Crippen molar-refractivity contribution in [3.05, 3.63) is 59.4 Å². The number of rotatable bonds is 3. The fourth-order valence-electron chi connectivity index (χ4n) is 3.69. The monoisotopic (exact) mass is 348 g/mol. The number of hydrogen-bond donors (Lipinski definition) is 0. The highest BCUT2D eigenvalue weighted by molar-refractivity contribution is 5.69. The lowest BCUT2D eigenvalue weighted by atomic mass is 9.91. The lowest BCUT2D eigenvalue weighted by Gasteiger charge is -2.45. The van der Waals surface area contributed by atoms with Crippen LogP contribution in [0.3, 0.4) is 0 Å². The highest BCUT2D eigenvalue weighted by Crippen LogP contribution is 2.36. The summed E-state index contributed by atoms with van der Waals surface area (Å²) in [6.45, 7) is 4.37. The smallest absolute Gasteiger partial charge is 0.410 e. The molecule has 0 saturated carbocycles. The van der Waals surface area contributed by atoms with Crippen LogP contribution in [-0.2, 0) is 11.3 Å². The molecule has 0 bridgehead atoms. The van der Waals surface area contributed by atoms with Crippen LogP contribution >= 0.6 is 0 Å². The Balaban J connectivity index is 1.37. The number of nitrogens with zero attached hydrogens (tertiary/aromatic N) is 4. The van der Waals surface area contributed by atoms with Gasteiger partial charge in [-0.05, 0) is 18.6 Å². The Morgan fingerprint density at radius 2 is 2.12 bits per heavy atom. The van der Waals surface area contributed by atoms with Gasteiger partial charge in [-0.1, -0.05) is 30.3 Å². The van der Waals surface area contributed by atoms with Crippen LogP contribution < -0.4 is 4.90 Å². The maximum absolute atomic E-state index is 12.4. The predicted molar refractivity (Wildman–Crippen MR) is 96.5 cm³/mol. The summed E-state index contributed by atoms with van der Waals surface area (Å²) in [4.78, 5) is 20.7. The average Bonchev–Trinajstić information content (AvgIpc) is 2.99. The van der Waals surface area contributed by atoms with Crippen molar-refractivity contribution in [2.45, 2.75) is 19.6 Å². The number of carbonyl (C=O) groups is 1. The van der Waals surface area contributed by atoms with Gasteiger partial charge in [-0.15, -0.1) is 0 Å². The Morgan fingerprint density at radius 3 is 2.88 bits per heavy atom. The molecule has 1 aromatic carbocycles. The number of aromatic nitrogens is 1. The van der Waals surface area contributed by atoms with Crippen molar-refractivity contribution in [1.82, 2.24) is 9.88 Å². The molecular formula is C20H20N4O2. The quantitative estimate of drug-likeness (QED) is 0.853. The number of pyridine rings is 1. The Hall–Kier alpha value is -3.07. The summed E-state index contributed by atoms with van der Waals surface area (Å²) in [5, 5.41) is 9.19. The van der Waals surface area contributed by atoms with Crippen LogP contribution in [-0.4, -0.2) is 41.7 Å². The summed E-state index contributed by atoms with van der Waals surface area (Å²) in [7, 11) is 0. The van der Waals surface area contributed by atoms with Crippen molar-refractivity contribution in [3.63, 3.8) is 0 Å². The highest BCUT2D eigenvalue weighted by atomic mass is 16.6. The molecule has 6 nitrogen and oxygen atoms in total. The van der Waals surface area contributed by atoms with Gasteiger partial charge in [-0.2, -0.15) is 5.26 Å². The van der Waals surface area contributed by atoms with Crippen LogP contribution in [0.1, 0.15) is 16.8 Å². The maximum Gasteiger partial charge on any atom is 0.410 e. The van der Waals surface area contributed by atoms with E-state index >= 15 is 0 Å². The van der Waals surface area contributed by atoms with Crippen LogP contribution in [0.4, 0.5) is 10.5 Å². The number of carbonyl (C=O) groups excluding carboxylic acids is 1. The number of fused-ring (bicyclic) bond motifs is 1. The predicted octanol–water partition coefficient (Wildman–Crippen LogP) is 2.72. The van der Waals surface area contributed by atoms with E-state index in [9.17, 15) is 10.1 Å². The van der Waals surface area contributed by atoms with Gasteiger partial charge in [0.25, 0.3) is 0 Å². The van der Waals surface area contributed by atoms with Crippen molar-refractivity contribution in [3.8, 4) is 6.07 Å². The molecule has 26 heavy (non-hydrogen) atoms.